The average Bonchev–Trinajstić information content (AvgIpc) is 3.47. The Bertz CT molecular complexity index is 561. The third-order valence-corrected chi connectivity index (χ3v) is 4.72. The molecule has 0 aromatic carbocycles. The number of ether oxygens (including phenoxy) is 1. The standard InChI is InChI=1S/C20H37N5O3.HI/c1-5-21-18(23-12-11-22-17(26)15-9-10-15)24-14-16-8-6-7-13-25(16)19(27)28-20(2,3)4;/h15-16H,5-14H2,1-4H3,(H,22,26)(H2,21,23,24);1H. The summed E-state index contributed by atoms with van der Waals surface area (Å²) in [7, 11) is 0. The van der Waals surface area contributed by atoms with Crippen LogP contribution in [0.1, 0.15) is 59.8 Å². The number of carbonyl (C=O) groups is 2. The summed E-state index contributed by atoms with van der Waals surface area (Å²) in [5, 5.41) is 9.40. The second-order valence-electron chi connectivity index (χ2n) is 8.54. The van der Waals surface area contributed by atoms with Gasteiger partial charge in [0.15, 0.2) is 5.96 Å². The first kappa shape index (κ1) is 25.8. The quantitative estimate of drug-likeness (QED) is 0.206. The first-order valence-electron chi connectivity index (χ1n) is 10.6. The van der Waals surface area contributed by atoms with Crippen LogP contribution in [0.15, 0.2) is 4.99 Å². The molecule has 0 radical (unpaired) electrons. The molecule has 1 saturated heterocycles. The van der Waals surface area contributed by atoms with E-state index in [0.717, 1.165) is 38.6 Å². The Balaban J connectivity index is 0.00000420. The van der Waals surface area contributed by atoms with E-state index in [0.29, 0.717) is 32.1 Å². The zero-order chi connectivity index (χ0) is 20.6. The lowest BCUT2D eigenvalue weighted by Crippen LogP contribution is -2.48. The maximum absolute atomic E-state index is 12.5. The van der Waals surface area contributed by atoms with Crippen LogP contribution in [-0.2, 0) is 9.53 Å². The topological polar surface area (TPSA) is 95.1 Å². The van der Waals surface area contributed by atoms with Crippen molar-refractivity contribution < 1.29 is 14.3 Å². The van der Waals surface area contributed by atoms with Gasteiger partial charge in [-0.15, -0.1) is 24.0 Å². The van der Waals surface area contributed by atoms with Crippen molar-refractivity contribution in [2.75, 3.05) is 32.7 Å². The molecule has 9 heteroatoms. The Labute approximate surface area is 192 Å². The van der Waals surface area contributed by atoms with Gasteiger partial charge in [-0.3, -0.25) is 9.79 Å². The van der Waals surface area contributed by atoms with Crippen molar-refractivity contribution in [2.24, 2.45) is 10.9 Å². The molecule has 168 valence electrons. The molecule has 2 aliphatic rings. The number of hydrogen-bond donors (Lipinski definition) is 3. The van der Waals surface area contributed by atoms with Gasteiger partial charge >= 0.3 is 6.09 Å². The smallest absolute Gasteiger partial charge is 0.410 e. The zero-order valence-corrected chi connectivity index (χ0v) is 20.6. The second-order valence-corrected chi connectivity index (χ2v) is 8.54. The summed E-state index contributed by atoms with van der Waals surface area (Å²) in [5.41, 5.74) is -0.496. The SMILES string of the molecule is CCNC(=NCC1CCCCN1C(=O)OC(C)(C)C)NCCNC(=O)C1CC1.I. The summed E-state index contributed by atoms with van der Waals surface area (Å²) in [6, 6.07) is 0.0497. The number of rotatable bonds is 7. The van der Waals surface area contributed by atoms with Gasteiger partial charge in [-0.1, -0.05) is 0 Å². The molecule has 1 heterocycles. The van der Waals surface area contributed by atoms with E-state index >= 15 is 0 Å². The molecule has 0 aromatic heterocycles. The van der Waals surface area contributed by atoms with Crippen molar-refractivity contribution in [3.63, 3.8) is 0 Å². The number of aliphatic imine (C=N–C) groups is 1. The molecule has 3 N–H and O–H groups in total. The number of guanidine groups is 1. The molecule has 1 unspecified atom stereocenters. The molecule has 29 heavy (non-hydrogen) atoms. The largest absolute Gasteiger partial charge is 0.444 e. The summed E-state index contributed by atoms with van der Waals surface area (Å²) in [5.74, 6) is 1.09. The highest BCUT2D eigenvalue weighted by Gasteiger charge is 2.30. The minimum Gasteiger partial charge on any atom is -0.444 e. The molecule has 2 amide bonds. The van der Waals surface area contributed by atoms with Crippen LogP contribution in [-0.4, -0.2) is 67.2 Å². The lowest BCUT2D eigenvalue weighted by Gasteiger charge is -2.36. The van der Waals surface area contributed by atoms with E-state index in [4.69, 9.17) is 4.74 Å². The van der Waals surface area contributed by atoms with E-state index in [1.165, 1.54) is 0 Å². The molecule has 1 saturated carbocycles. The van der Waals surface area contributed by atoms with Crippen molar-refractivity contribution in [2.45, 2.75) is 71.4 Å². The number of carbonyl (C=O) groups excluding carboxylic acids is 2. The Hall–Kier alpha value is -1.26. The third-order valence-electron chi connectivity index (χ3n) is 4.72. The van der Waals surface area contributed by atoms with Gasteiger partial charge in [0.1, 0.15) is 5.60 Å². The van der Waals surface area contributed by atoms with Crippen LogP contribution in [0.2, 0.25) is 0 Å². The van der Waals surface area contributed by atoms with E-state index in [2.05, 4.69) is 20.9 Å². The van der Waals surface area contributed by atoms with Crippen LogP contribution in [0.5, 0.6) is 0 Å². The molecule has 2 fully saturated rings. The maximum Gasteiger partial charge on any atom is 0.410 e. The second kappa shape index (κ2) is 12.4. The molecular weight excluding hydrogens is 485 g/mol. The first-order chi connectivity index (χ1) is 13.3. The van der Waals surface area contributed by atoms with Crippen molar-refractivity contribution in [3.8, 4) is 0 Å². The van der Waals surface area contributed by atoms with Gasteiger partial charge in [0, 0.05) is 32.1 Å². The highest BCUT2D eigenvalue weighted by molar-refractivity contribution is 14.0. The Morgan fingerprint density at radius 2 is 1.76 bits per heavy atom. The Morgan fingerprint density at radius 3 is 2.38 bits per heavy atom. The molecule has 0 aromatic rings. The fourth-order valence-corrected chi connectivity index (χ4v) is 3.15. The normalized spacial score (nSPS) is 19.8. The average molecular weight is 523 g/mol. The van der Waals surface area contributed by atoms with Crippen LogP contribution >= 0.6 is 24.0 Å². The van der Waals surface area contributed by atoms with Gasteiger partial charge in [-0.2, -0.15) is 0 Å². The van der Waals surface area contributed by atoms with E-state index in [-0.39, 0.29) is 47.9 Å². The summed E-state index contributed by atoms with van der Waals surface area (Å²) in [4.78, 5) is 30.7. The molecule has 1 aliphatic heterocycles. The number of likely N-dealkylation sites (tertiary alicyclic amines) is 1. The van der Waals surface area contributed by atoms with Crippen molar-refractivity contribution in [1.29, 1.82) is 0 Å². The highest BCUT2D eigenvalue weighted by atomic mass is 127. The fraction of sp³-hybridized carbons (Fsp3) is 0.850. The molecule has 0 bridgehead atoms. The third kappa shape index (κ3) is 9.86. The van der Waals surface area contributed by atoms with E-state index in [9.17, 15) is 9.59 Å². The Kier molecular flexibility index (Phi) is 11.1. The van der Waals surface area contributed by atoms with E-state index in [1.807, 2.05) is 32.6 Å². The van der Waals surface area contributed by atoms with Crippen LogP contribution < -0.4 is 16.0 Å². The molecule has 2 rings (SSSR count). The number of nitrogens with one attached hydrogen (secondary N) is 3. The number of nitrogens with zero attached hydrogens (tertiary/aromatic N) is 2. The van der Waals surface area contributed by atoms with Gasteiger partial charge < -0.3 is 25.6 Å². The summed E-state index contributed by atoms with van der Waals surface area (Å²) in [6.45, 7) is 10.9. The molecule has 0 spiro atoms. The van der Waals surface area contributed by atoms with E-state index < -0.39 is 5.60 Å². The monoisotopic (exact) mass is 523 g/mol. The molecule has 1 aliphatic carbocycles. The summed E-state index contributed by atoms with van der Waals surface area (Å²) >= 11 is 0. The van der Waals surface area contributed by atoms with Crippen molar-refractivity contribution in [1.82, 2.24) is 20.9 Å². The Morgan fingerprint density at radius 1 is 1.07 bits per heavy atom. The fourth-order valence-electron chi connectivity index (χ4n) is 3.15. The molecule has 1 atom stereocenters. The number of amides is 2. The van der Waals surface area contributed by atoms with Gasteiger partial charge in [0.05, 0.1) is 12.6 Å². The summed E-state index contributed by atoms with van der Waals surface area (Å²) in [6.07, 6.45) is 4.79. The first-order valence-corrected chi connectivity index (χ1v) is 10.6. The van der Waals surface area contributed by atoms with Gasteiger partial charge in [-0.25, -0.2) is 4.79 Å². The lowest BCUT2D eigenvalue weighted by molar-refractivity contribution is -0.122. The predicted octanol–water partition coefficient (Wildman–Crippen LogP) is 2.48. The number of hydrogen-bond acceptors (Lipinski definition) is 4. The van der Waals surface area contributed by atoms with Gasteiger partial charge in [-0.05, 0) is 59.8 Å². The van der Waals surface area contributed by atoms with Crippen molar-refractivity contribution in [3.05, 3.63) is 0 Å². The molecular formula is C20H38IN5O3. The van der Waals surface area contributed by atoms with Gasteiger partial charge in [0.25, 0.3) is 0 Å². The van der Waals surface area contributed by atoms with Crippen LogP contribution in [0, 0.1) is 5.92 Å². The molecule has 8 nitrogen and oxygen atoms in total. The van der Waals surface area contributed by atoms with Crippen LogP contribution in [0.3, 0.4) is 0 Å². The van der Waals surface area contributed by atoms with Gasteiger partial charge in [0.2, 0.25) is 5.91 Å². The van der Waals surface area contributed by atoms with E-state index in [1.54, 1.807) is 0 Å². The maximum atomic E-state index is 12.5. The van der Waals surface area contributed by atoms with Crippen LogP contribution in [0.25, 0.3) is 0 Å². The minimum absolute atomic E-state index is 0. The predicted molar refractivity (Wildman–Crippen MR) is 126 cm³/mol. The lowest BCUT2D eigenvalue weighted by atomic mass is 10.0. The minimum atomic E-state index is -0.496. The number of halogens is 1. The highest BCUT2D eigenvalue weighted by Crippen LogP contribution is 2.28. The van der Waals surface area contributed by atoms with Crippen LogP contribution in [0.4, 0.5) is 4.79 Å². The zero-order valence-electron chi connectivity index (χ0n) is 18.3. The van der Waals surface area contributed by atoms with Crippen molar-refractivity contribution >= 4 is 41.9 Å². The number of piperidine rings is 1. The summed E-state index contributed by atoms with van der Waals surface area (Å²) < 4.78 is 5.56.